The van der Waals surface area contributed by atoms with Gasteiger partial charge in [-0.1, -0.05) is 13.8 Å². The molecule has 5 heterocycles. The van der Waals surface area contributed by atoms with E-state index in [1.54, 1.807) is 0 Å². The van der Waals surface area contributed by atoms with Gasteiger partial charge in [0, 0.05) is 30.0 Å². The molecule has 3 saturated heterocycles. The van der Waals surface area contributed by atoms with E-state index >= 15 is 0 Å². The average molecular weight is 432 g/mol. The van der Waals surface area contributed by atoms with Crippen LogP contribution in [0.25, 0.3) is 0 Å². The maximum Gasteiger partial charge on any atom is 0.345 e. The van der Waals surface area contributed by atoms with E-state index in [0.717, 1.165) is 31.4 Å². The van der Waals surface area contributed by atoms with Crippen LogP contribution in [0.15, 0.2) is 34.7 Å². The number of nitrogens with zero attached hydrogens (tertiary/aromatic N) is 1. The van der Waals surface area contributed by atoms with E-state index in [0.29, 0.717) is 29.5 Å². The maximum absolute atomic E-state index is 12.2. The number of rotatable bonds is 4. The van der Waals surface area contributed by atoms with Crippen LogP contribution < -0.4 is 0 Å². The highest BCUT2D eigenvalue weighted by Gasteiger charge is 2.54. The fourth-order valence-electron chi connectivity index (χ4n) is 6.76. The third kappa shape index (κ3) is 3.08. The van der Waals surface area contributed by atoms with Gasteiger partial charge < -0.3 is 24.4 Å². The molecule has 5 rings (SSSR count). The predicted molar refractivity (Wildman–Crippen MR) is 112 cm³/mol. The summed E-state index contributed by atoms with van der Waals surface area (Å²) in [5.41, 5.74) is 0.129. The molecule has 7 atom stereocenters. The molecule has 0 aromatic rings. The van der Waals surface area contributed by atoms with Crippen molar-refractivity contribution < 1.29 is 29.2 Å². The summed E-state index contributed by atoms with van der Waals surface area (Å²) in [6.45, 7) is 3.75. The number of allylic oxidation sites excluding steroid dienone is 1. The summed E-state index contributed by atoms with van der Waals surface area (Å²) >= 11 is 0. The average Bonchev–Trinajstić information content (AvgIpc) is 3.20. The number of methoxy groups -OCH3 is 1. The Morgan fingerprint density at radius 1 is 1.26 bits per heavy atom. The van der Waals surface area contributed by atoms with Crippen LogP contribution in [-0.4, -0.2) is 59.0 Å². The van der Waals surface area contributed by atoms with Crippen LogP contribution in [0.4, 0.5) is 0 Å². The van der Waals surface area contributed by atoms with E-state index in [9.17, 15) is 15.0 Å². The topological polar surface area (TPSA) is 88.5 Å². The summed E-state index contributed by atoms with van der Waals surface area (Å²) in [4.78, 5) is 14.8. The van der Waals surface area contributed by atoms with Crippen LogP contribution in [0.3, 0.4) is 0 Å². The fraction of sp³-hybridized carbons (Fsp3) is 0.708. The molecular formula is C24H33NO6. The molecule has 0 radical (unpaired) electrons. The Morgan fingerprint density at radius 2 is 2.03 bits per heavy atom. The highest BCUT2D eigenvalue weighted by Crippen LogP contribution is 2.53. The van der Waals surface area contributed by atoms with Gasteiger partial charge in [-0.15, -0.1) is 0 Å². The van der Waals surface area contributed by atoms with Crippen molar-refractivity contribution in [3.05, 3.63) is 34.7 Å². The molecule has 7 nitrogen and oxygen atoms in total. The van der Waals surface area contributed by atoms with Gasteiger partial charge in [0.1, 0.15) is 11.3 Å². The van der Waals surface area contributed by atoms with Crippen molar-refractivity contribution >= 4 is 5.97 Å². The first-order chi connectivity index (χ1) is 15.0. The minimum Gasteiger partial charge on any atom is -0.492 e. The molecule has 0 aromatic carbocycles. The Balaban J connectivity index is 1.54. The monoisotopic (exact) mass is 431 g/mol. The molecule has 2 bridgehead atoms. The van der Waals surface area contributed by atoms with Crippen molar-refractivity contribution in [3.63, 3.8) is 0 Å². The summed E-state index contributed by atoms with van der Waals surface area (Å²) in [6.07, 6.45) is 8.16. The molecule has 0 aliphatic carbocycles. The number of piperidine rings is 2. The molecule has 170 valence electrons. The number of aliphatic hydroxyl groups is 2. The zero-order chi connectivity index (χ0) is 21.9. The van der Waals surface area contributed by atoms with Gasteiger partial charge in [0.15, 0.2) is 11.5 Å². The maximum atomic E-state index is 12.2. The number of cyclic esters (lactones) is 1. The molecule has 5 aliphatic rings. The Hall–Kier alpha value is -1.83. The summed E-state index contributed by atoms with van der Waals surface area (Å²) in [5, 5.41) is 20.5. The van der Waals surface area contributed by atoms with Gasteiger partial charge in [-0.05, 0) is 50.5 Å². The molecule has 3 fully saturated rings. The number of hydrogen-bond acceptors (Lipinski definition) is 7. The Kier molecular flexibility index (Phi) is 5.39. The lowest BCUT2D eigenvalue weighted by molar-refractivity contribution is -0.133. The molecule has 0 aromatic heterocycles. The number of ether oxygens (including phenoxy) is 3. The minimum atomic E-state index is -0.582. The largest absolute Gasteiger partial charge is 0.492 e. The fourth-order valence-corrected chi connectivity index (χ4v) is 6.76. The van der Waals surface area contributed by atoms with E-state index in [4.69, 9.17) is 14.2 Å². The number of fused-ring (bicyclic) bond motifs is 3. The number of esters is 1. The van der Waals surface area contributed by atoms with Crippen LogP contribution >= 0.6 is 0 Å². The van der Waals surface area contributed by atoms with Gasteiger partial charge in [0.25, 0.3) is 0 Å². The Morgan fingerprint density at radius 3 is 2.74 bits per heavy atom. The first kappa shape index (κ1) is 21.0. The number of hydrogen-bond donors (Lipinski definition) is 2. The Bertz CT molecular complexity index is 860. The van der Waals surface area contributed by atoms with Gasteiger partial charge in [-0.2, -0.15) is 0 Å². The molecule has 0 spiro atoms. The number of carbonyl (C=O) groups excluding carboxylic acids is 1. The van der Waals surface area contributed by atoms with Crippen LogP contribution in [0.2, 0.25) is 0 Å². The van der Waals surface area contributed by atoms with E-state index in [2.05, 4.69) is 24.8 Å². The lowest BCUT2D eigenvalue weighted by Gasteiger charge is -2.56. The summed E-state index contributed by atoms with van der Waals surface area (Å²) in [6, 6.07) is 0.940. The second-order valence-corrected chi connectivity index (χ2v) is 9.56. The molecule has 0 amide bonds. The van der Waals surface area contributed by atoms with Crippen molar-refractivity contribution in [2.75, 3.05) is 13.7 Å². The van der Waals surface area contributed by atoms with Crippen LogP contribution in [-0.2, 0) is 19.0 Å². The van der Waals surface area contributed by atoms with E-state index in [1.165, 1.54) is 20.0 Å². The molecule has 0 saturated carbocycles. The van der Waals surface area contributed by atoms with Gasteiger partial charge in [0.2, 0.25) is 5.76 Å². The molecule has 5 aliphatic heterocycles. The lowest BCUT2D eigenvalue weighted by atomic mass is 9.70. The first-order valence-electron chi connectivity index (χ1n) is 11.7. The van der Waals surface area contributed by atoms with E-state index in [-0.39, 0.29) is 35.3 Å². The molecule has 0 unspecified atom stereocenters. The zero-order valence-corrected chi connectivity index (χ0v) is 18.5. The molecular weight excluding hydrogens is 398 g/mol. The second-order valence-electron chi connectivity index (χ2n) is 9.56. The number of aliphatic hydroxyl groups excluding tert-OH is 2. The van der Waals surface area contributed by atoms with Crippen molar-refractivity contribution in [1.82, 2.24) is 4.90 Å². The highest BCUT2D eigenvalue weighted by atomic mass is 16.6. The van der Waals surface area contributed by atoms with Crippen LogP contribution in [0, 0.1) is 17.8 Å². The summed E-state index contributed by atoms with van der Waals surface area (Å²) < 4.78 is 17.3. The van der Waals surface area contributed by atoms with Gasteiger partial charge >= 0.3 is 5.97 Å². The van der Waals surface area contributed by atoms with E-state index in [1.807, 2.05) is 0 Å². The van der Waals surface area contributed by atoms with E-state index < -0.39 is 12.6 Å². The normalized spacial score (nSPS) is 40.7. The molecule has 31 heavy (non-hydrogen) atoms. The lowest BCUT2D eigenvalue weighted by Crippen LogP contribution is -2.63. The first-order valence-corrected chi connectivity index (χ1v) is 11.7. The summed E-state index contributed by atoms with van der Waals surface area (Å²) in [5.74, 6) is 2.24. The van der Waals surface area contributed by atoms with Crippen molar-refractivity contribution in [1.29, 1.82) is 0 Å². The predicted octanol–water partition coefficient (Wildman–Crippen LogP) is 2.60. The van der Waals surface area contributed by atoms with Gasteiger partial charge in [-0.25, -0.2) is 4.79 Å². The molecule has 2 N–H and O–H groups in total. The third-order valence-electron chi connectivity index (χ3n) is 8.17. The second kappa shape index (κ2) is 7.94. The van der Waals surface area contributed by atoms with Gasteiger partial charge in [0.05, 0.1) is 19.8 Å². The Labute approximate surface area is 183 Å². The minimum absolute atomic E-state index is 0.00103. The summed E-state index contributed by atoms with van der Waals surface area (Å²) in [7, 11) is 1.47. The van der Waals surface area contributed by atoms with Gasteiger partial charge in [-0.3, -0.25) is 4.90 Å². The van der Waals surface area contributed by atoms with Crippen molar-refractivity contribution in [2.45, 2.75) is 76.6 Å². The SMILES string of the molecule is CC[C@H](O)[C@@H]1[C@H]2CC[C@H]3CC=C4O/C(=C5\OC(=O)C(CO)=C5OC)[C@@H](C)[C@@H]4[C@H](CC2)N31. The third-order valence-corrected chi connectivity index (χ3v) is 8.17. The highest BCUT2D eigenvalue weighted by molar-refractivity contribution is 5.94. The van der Waals surface area contributed by atoms with Crippen molar-refractivity contribution in [3.8, 4) is 0 Å². The quantitative estimate of drug-likeness (QED) is 0.662. The zero-order valence-electron chi connectivity index (χ0n) is 18.5. The smallest absolute Gasteiger partial charge is 0.345 e. The standard InChI is InChI=1S/C24H33NO6/c1-4-17(27)20-13-5-7-14-8-10-18-19(16(9-6-13)25(14)20)12(2)21(30-18)23-22(29-3)15(11-26)24(28)31-23/h10,12-14,16-17,19-20,26-27H,4-9,11H2,1-3H3/b23-21-/t12-,13-,14-,16-,17-,19+,20-/m0/s1. The van der Waals surface area contributed by atoms with Crippen LogP contribution in [0.5, 0.6) is 0 Å². The van der Waals surface area contributed by atoms with Crippen molar-refractivity contribution in [2.24, 2.45) is 17.8 Å². The number of carbonyl (C=O) groups is 1. The van der Waals surface area contributed by atoms with Crippen LogP contribution in [0.1, 0.15) is 52.4 Å². The molecule has 7 heteroatoms.